The second-order valence-corrected chi connectivity index (χ2v) is 8.09. The number of likely N-dealkylation sites (tertiary alicyclic amines) is 1. The third-order valence-electron chi connectivity index (χ3n) is 4.76. The van der Waals surface area contributed by atoms with Crippen molar-refractivity contribution in [2.75, 3.05) is 49.6 Å². The highest BCUT2D eigenvalue weighted by atomic mass is 32.1. The SMILES string of the molecule is Cc1ccc(CN2CCC(Nc3nccc(N4CCOCC4)n3)C2)s1. The number of rotatable bonds is 5. The average Bonchev–Trinajstić information content (AvgIpc) is 3.25. The Morgan fingerprint density at radius 2 is 2.12 bits per heavy atom. The molecule has 2 aliphatic rings. The first-order valence-electron chi connectivity index (χ1n) is 8.96. The molecule has 0 spiro atoms. The highest BCUT2D eigenvalue weighted by molar-refractivity contribution is 7.11. The Bertz CT molecular complexity index is 700. The van der Waals surface area contributed by atoms with Gasteiger partial charge in [-0.1, -0.05) is 0 Å². The van der Waals surface area contributed by atoms with Crippen LogP contribution in [-0.2, 0) is 11.3 Å². The molecule has 0 amide bonds. The molecule has 0 bridgehead atoms. The Labute approximate surface area is 152 Å². The maximum atomic E-state index is 5.42. The fourth-order valence-corrected chi connectivity index (χ4v) is 4.39. The van der Waals surface area contributed by atoms with Crippen molar-refractivity contribution in [1.29, 1.82) is 0 Å². The first-order chi connectivity index (χ1) is 12.3. The molecular weight excluding hydrogens is 334 g/mol. The van der Waals surface area contributed by atoms with E-state index in [0.717, 1.165) is 64.1 Å². The van der Waals surface area contributed by atoms with Gasteiger partial charge in [-0.2, -0.15) is 4.98 Å². The topological polar surface area (TPSA) is 53.5 Å². The Morgan fingerprint density at radius 3 is 2.92 bits per heavy atom. The van der Waals surface area contributed by atoms with Gasteiger partial charge in [0.15, 0.2) is 0 Å². The fourth-order valence-electron chi connectivity index (χ4n) is 3.45. The summed E-state index contributed by atoms with van der Waals surface area (Å²) in [7, 11) is 0. The smallest absolute Gasteiger partial charge is 0.224 e. The number of aryl methyl sites for hydroxylation is 1. The van der Waals surface area contributed by atoms with Crippen molar-refractivity contribution in [1.82, 2.24) is 14.9 Å². The van der Waals surface area contributed by atoms with Crippen LogP contribution >= 0.6 is 11.3 Å². The van der Waals surface area contributed by atoms with E-state index in [1.807, 2.05) is 23.6 Å². The molecule has 6 nitrogen and oxygen atoms in total. The lowest BCUT2D eigenvalue weighted by Crippen LogP contribution is -2.37. The van der Waals surface area contributed by atoms with E-state index in [4.69, 9.17) is 9.72 Å². The Kier molecular flexibility index (Phi) is 5.14. The van der Waals surface area contributed by atoms with E-state index in [1.165, 1.54) is 9.75 Å². The quantitative estimate of drug-likeness (QED) is 0.885. The van der Waals surface area contributed by atoms with Crippen LogP contribution in [-0.4, -0.2) is 60.3 Å². The van der Waals surface area contributed by atoms with Gasteiger partial charge >= 0.3 is 0 Å². The molecule has 0 saturated carbocycles. The molecule has 4 rings (SSSR count). The highest BCUT2D eigenvalue weighted by Crippen LogP contribution is 2.21. The van der Waals surface area contributed by atoms with Crippen molar-refractivity contribution in [2.24, 2.45) is 0 Å². The zero-order chi connectivity index (χ0) is 17.1. The fraction of sp³-hybridized carbons (Fsp3) is 0.556. The van der Waals surface area contributed by atoms with Gasteiger partial charge in [0.1, 0.15) is 5.82 Å². The molecule has 0 aromatic carbocycles. The van der Waals surface area contributed by atoms with Crippen LogP contribution in [0.3, 0.4) is 0 Å². The normalized spacial score (nSPS) is 21.6. The summed E-state index contributed by atoms with van der Waals surface area (Å²) >= 11 is 1.90. The van der Waals surface area contributed by atoms with Crippen molar-refractivity contribution in [3.8, 4) is 0 Å². The molecule has 0 radical (unpaired) electrons. The zero-order valence-corrected chi connectivity index (χ0v) is 15.5. The van der Waals surface area contributed by atoms with E-state index in [9.17, 15) is 0 Å². The van der Waals surface area contributed by atoms with Gasteiger partial charge in [0, 0.05) is 54.7 Å². The van der Waals surface area contributed by atoms with Crippen molar-refractivity contribution >= 4 is 23.1 Å². The molecule has 2 fully saturated rings. The Hall–Kier alpha value is -1.70. The molecule has 2 aliphatic heterocycles. The van der Waals surface area contributed by atoms with E-state index in [1.54, 1.807) is 0 Å². The van der Waals surface area contributed by atoms with Crippen LogP contribution in [0.4, 0.5) is 11.8 Å². The van der Waals surface area contributed by atoms with Gasteiger partial charge in [0.2, 0.25) is 5.95 Å². The van der Waals surface area contributed by atoms with Crippen LogP contribution in [0.1, 0.15) is 16.2 Å². The summed E-state index contributed by atoms with van der Waals surface area (Å²) in [5, 5.41) is 3.52. The van der Waals surface area contributed by atoms with Crippen molar-refractivity contribution in [2.45, 2.75) is 25.9 Å². The molecule has 4 heterocycles. The molecule has 1 atom stereocenters. The second-order valence-electron chi connectivity index (χ2n) is 6.72. The summed E-state index contributed by atoms with van der Waals surface area (Å²) in [4.78, 5) is 16.7. The summed E-state index contributed by atoms with van der Waals surface area (Å²) in [6.07, 6.45) is 2.98. The summed E-state index contributed by atoms with van der Waals surface area (Å²) in [6, 6.07) is 6.85. The van der Waals surface area contributed by atoms with Gasteiger partial charge in [0.05, 0.1) is 13.2 Å². The number of morpholine rings is 1. The van der Waals surface area contributed by atoms with Gasteiger partial charge in [-0.3, -0.25) is 4.90 Å². The number of anilines is 2. The van der Waals surface area contributed by atoms with Crippen LogP contribution in [0.15, 0.2) is 24.4 Å². The van der Waals surface area contributed by atoms with Gasteiger partial charge in [-0.05, 0) is 31.5 Å². The van der Waals surface area contributed by atoms with Crippen molar-refractivity contribution in [3.63, 3.8) is 0 Å². The number of ether oxygens (including phenoxy) is 1. The van der Waals surface area contributed by atoms with Crippen LogP contribution in [0.2, 0.25) is 0 Å². The lowest BCUT2D eigenvalue weighted by atomic mass is 10.3. The minimum atomic E-state index is 0.418. The number of nitrogens with zero attached hydrogens (tertiary/aromatic N) is 4. The first kappa shape index (κ1) is 16.8. The summed E-state index contributed by atoms with van der Waals surface area (Å²) in [5.41, 5.74) is 0. The molecule has 1 N–H and O–H groups in total. The first-order valence-corrected chi connectivity index (χ1v) is 9.78. The highest BCUT2D eigenvalue weighted by Gasteiger charge is 2.23. The average molecular weight is 359 g/mol. The molecule has 0 aliphatic carbocycles. The van der Waals surface area contributed by atoms with Crippen LogP contribution in [0.25, 0.3) is 0 Å². The molecule has 25 heavy (non-hydrogen) atoms. The maximum absolute atomic E-state index is 5.42. The summed E-state index contributed by atoms with van der Waals surface area (Å²) in [5.74, 6) is 1.73. The molecule has 7 heteroatoms. The van der Waals surface area contributed by atoms with Gasteiger partial charge in [0.25, 0.3) is 0 Å². The van der Waals surface area contributed by atoms with Crippen molar-refractivity contribution in [3.05, 3.63) is 34.2 Å². The lowest BCUT2D eigenvalue weighted by molar-refractivity contribution is 0.122. The molecular formula is C18H25N5OS. The maximum Gasteiger partial charge on any atom is 0.224 e. The number of hydrogen-bond acceptors (Lipinski definition) is 7. The third-order valence-corrected chi connectivity index (χ3v) is 5.74. The Balaban J connectivity index is 1.33. The summed E-state index contributed by atoms with van der Waals surface area (Å²) in [6.45, 7) is 8.72. The van der Waals surface area contributed by atoms with Crippen LogP contribution < -0.4 is 10.2 Å². The van der Waals surface area contributed by atoms with E-state index >= 15 is 0 Å². The van der Waals surface area contributed by atoms with E-state index in [0.29, 0.717) is 6.04 Å². The van der Waals surface area contributed by atoms with Gasteiger partial charge < -0.3 is 15.0 Å². The van der Waals surface area contributed by atoms with Gasteiger partial charge in [-0.15, -0.1) is 11.3 Å². The Morgan fingerprint density at radius 1 is 1.24 bits per heavy atom. The summed E-state index contributed by atoms with van der Waals surface area (Å²) < 4.78 is 5.42. The molecule has 2 saturated heterocycles. The van der Waals surface area contributed by atoms with Crippen molar-refractivity contribution < 1.29 is 4.74 Å². The zero-order valence-electron chi connectivity index (χ0n) is 14.6. The predicted molar refractivity (Wildman–Crippen MR) is 101 cm³/mol. The number of nitrogens with one attached hydrogen (secondary N) is 1. The molecule has 2 aromatic heterocycles. The number of aromatic nitrogens is 2. The van der Waals surface area contributed by atoms with Crippen LogP contribution in [0.5, 0.6) is 0 Å². The lowest BCUT2D eigenvalue weighted by Gasteiger charge is -2.28. The molecule has 2 aromatic rings. The minimum absolute atomic E-state index is 0.418. The van der Waals surface area contributed by atoms with Crippen LogP contribution in [0, 0.1) is 6.92 Å². The minimum Gasteiger partial charge on any atom is -0.378 e. The predicted octanol–water partition coefficient (Wildman–Crippen LogP) is 2.37. The number of hydrogen-bond donors (Lipinski definition) is 1. The molecule has 134 valence electrons. The van der Waals surface area contributed by atoms with Gasteiger partial charge in [-0.25, -0.2) is 4.98 Å². The van der Waals surface area contributed by atoms with E-state index < -0.39 is 0 Å². The monoisotopic (exact) mass is 359 g/mol. The van der Waals surface area contributed by atoms with E-state index in [-0.39, 0.29) is 0 Å². The number of thiophene rings is 1. The van der Waals surface area contributed by atoms with E-state index in [2.05, 4.69) is 39.2 Å². The standard InChI is InChI=1S/C18H25N5OS/c1-14-2-3-16(25-14)13-22-7-5-15(12-22)20-18-19-6-4-17(21-18)23-8-10-24-11-9-23/h2-4,6,15H,5,7-13H2,1H3,(H,19,20,21). The third kappa shape index (κ3) is 4.29. The largest absolute Gasteiger partial charge is 0.378 e. The second kappa shape index (κ2) is 7.68. The molecule has 1 unspecified atom stereocenters.